The number of likely N-dealkylation sites (tertiary alicyclic amines) is 2. The van der Waals surface area contributed by atoms with Gasteiger partial charge in [0.25, 0.3) is 0 Å². The van der Waals surface area contributed by atoms with E-state index < -0.39 is 0 Å². The third-order valence-electron chi connectivity index (χ3n) is 5.03. The van der Waals surface area contributed by atoms with Crippen LogP contribution in [0.5, 0.6) is 0 Å². The predicted octanol–water partition coefficient (Wildman–Crippen LogP) is 1.60. The van der Waals surface area contributed by atoms with E-state index in [1.165, 1.54) is 0 Å². The van der Waals surface area contributed by atoms with Gasteiger partial charge in [-0.05, 0) is 25.7 Å². The topological polar surface area (TPSA) is 82.8 Å². The predicted molar refractivity (Wildman–Crippen MR) is 92.1 cm³/mol. The van der Waals surface area contributed by atoms with Crippen molar-refractivity contribution in [3.05, 3.63) is 24.8 Å². The molecule has 132 valence electrons. The second-order valence-corrected chi connectivity index (χ2v) is 6.70. The molecule has 4 rings (SSSR count). The minimum Gasteiger partial charge on any atom is -0.325 e. The molecule has 2 fully saturated rings. The first-order valence-corrected chi connectivity index (χ1v) is 8.84. The first-order chi connectivity index (χ1) is 12.2. The highest BCUT2D eigenvalue weighted by molar-refractivity contribution is 5.92. The average Bonchev–Trinajstić information content (AvgIpc) is 3.32. The summed E-state index contributed by atoms with van der Waals surface area (Å²) in [6, 6.07) is 0.131. The third kappa shape index (κ3) is 3.29. The van der Waals surface area contributed by atoms with Gasteiger partial charge in [-0.15, -0.1) is 0 Å². The van der Waals surface area contributed by atoms with Gasteiger partial charge in [-0.3, -0.25) is 9.20 Å². The number of amides is 3. The number of anilines is 1. The van der Waals surface area contributed by atoms with E-state index in [0.717, 1.165) is 25.9 Å². The Morgan fingerprint density at radius 2 is 1.76 bits per heavy atom. The maximum absolute atomic E-state index is 12.5. The lowest BCUT2D eigenvalue weighted by Gasteiger charge is -2.34. The Hall–Kier alpha value is -2.64. The second kappa shape index (κ2) is 6.70. The highest BCUT2D eigenvalue weighted by Crippen LogP contribution is 2.21. The number of rotatable bonds is 2. The fourth-order valence-electron chi connectivity index (χ4n) is 3.57. The van der Waals surface area contributed by atoms with E-state index in [2.05, 4.69) is 15.3 Å². The molecule has 0 aliphatic carbocycles. The number of hydrogen-bond donors (Lipinski definition) is 1. The zero-order valence-electron chi connectivity index (χ0n) is 14.1. The van der Waals surface area contributed by atoms with Gasteiger partial charge in [0.1, 0.15) is 0 Å². The second-order valence-electron chi connectivity index (χ2n) is 6.70. The summed E-state index contributed by atoms with van der Waals surface area (Å²) in [6.07, 6.45) is 10.5. The molecule has 2 aliphatic rings. The Morgan fingerprint density at radius 1 is 1.04 bits per heavy atom. The Balaban J connectivity index is 1.32. The van der Waals surface area contributed by atoms with Gasteiger partial charge in [0.2, 0.25) is 11.7 Å². The molecule has 3 amide bonds. The van der Waals surface area contributed by atoms with Crippen molar-refractivity contribution in [2.45, 2.75) is 25.7 Å². The van der Waals surface area contributed by atoms with Crippen molar-refractivity contribution in [1.82, 2.24) is 24.2 Å². The number of urea groups is 1. The van der Waals surface area contributed by atoms with Crippen LogP contribution in [0.1, 0.15) is 25.7 Å². The van der Waals surface area contributed by atoms with Crippen LogP contribution in [0.25, 0.3) is 5.78 Å². The van der Waals surface area contributed by atoms with Gasteiger partial charge < -0.3 is 15.1 Å². The van der Waals surface area contributed by atoms with Crippen LogP contribution in [0.2, 0.25) is 0 Å². The average molecular weight is 342 g/mol. The summed E-state index contributed by atoms with van der Waals surface area (Å²) in [5, 5.41) is 2.93. The van der Waals surface area contributed by atoms with Crippen molar-refractivity contribution < 1.29 is 9.59 Å². The first kappa shape index (κ1) is 15.9. The molecule has 8 heteroatoms. The number of imidazole rings is 1. The van der Waals surface area contributed by atoms with Gasteiger partial charge in [-0.1, -0.05) is 0 Å². The largest absolute Gasteiger partial charge is 0.325 e. The van der Waals surface area contributed by atoms with Gasteiger partial charge in [0, 0.05) is 50.7 Å². The van der Waals surface area contributed by atoms with Crippen LogP contribution in [0.3, 0.4) is 0 Å². The zero-order chi connectivity index (χ0) is 17.2. The van der Waals surface area contributed by atoms with E-state index in [9.17, 15) is 9.59 Å². The quantitative estimate of drug-likeness (QED) is 0.898. The zero-order valence-corrected chi connectivity index (χ0v) is 14.1. The lowest BCUT2D eigenvalue weighted by Crippen LogP contribution is -2.47. The van der Waals surface area contributed by atoms with Crippen LogP contribution >= 0.6 is 0 Å². The smallest absolute Gasteiger partial charge is 0.319 e. The Kier molecular flexibility index (Phi) is 4.25. The summed E-state index contributed by atoms with van der Waals surface area (Å²) in [4.78, 5) is 37.0. The summed E-state index contributed by atoms with van der Waals surface area (Å²) >= 11 is 0. The molecule has 0 atom stereocenters. The lowest BCUT2D eigenvalue weighted by molar-refractivity contribution is -0.121. The van der Waals surface area contributed by atoms with Crippen LogP contribution < -0.4 is 5.32 Å². The van der Waals surface area contributed by atoms with Crippen LogP contribution in [-0.2, 0) is 4.79 Å². The van der Waals surface area contributed by atoms with E-state index in [-0.39, 0.29) is 17.9 Å². The molecule has 2 aliphatic heterocycles. The Labute approximate surface area is 145 Å². The summed E-state index contributed by atoms with van der Waals surface area (Å²) in [5.41, 5.74) is 0.658. The molecular formula is C17H22N6O2. The molecule has 0 spiro atoms. The van der Waals surface area contributed by atoms with Crippen molar-refractivity contribution in [3.63, 3.8) is 0 Å². The number of nitrogens with one attached hydrogen (secondary N) is 1. The molecule has 0 radical (unpaired) electrons. The third-order valence-corrected chi connectivity index (χ3v) is 5.03. The lowest BCUT2D eigenvalue weighted by atomic mass is 9.96. The van der Waals surface area contributed by atoms with E-state index in [1.807, 2.05) is 9.80 Å². The summed E-state index contributed by atoms with van der Waals surface area (Å²) in [7, 11) is 0. The van der Waals surface area contributed by atoms with Crippen LogP contribution in [0, 0.1) is 5.92 Å². The highest BCUT2D eigenvalue weighted by Gasteiger charge is 2.30. The number of carbonyl (C=O) groups is 2. The minimum atomic E-state index is -0.0684. The first-order valence-electron chi connectivity index (χ1n) is 8.84. The van der Waals surface area contributed by atoms with Gasteiger partial charge in [-0.2, -0.15) is 0 Å². The van der Waals surface area contributed by atoms with Crippen LogP contribution in [0.15, 0.2) is 24.8 Å². The van der Waals surface area contributed by atoms with Crippen molar-refractivity contribution in [2.24, 2.45) is 5.92 Å². The van der Waals surface area contributed by atoms with Crippen molar-refractivity contribution in [1.29, 1.82) is 0 Å². The fourth-order valence-corrected chi connectivity index (χ4v) is 3.57. The number of piperidine rings is 1. The molecule has 0 bridgehead atoms. The number of hydrogen-bond acceptors (Lipinski definition) is 4. The standard InChI is InChI=1S/C17H22N6O2/c24-15(20-14-11-19-16-18-5-10-23(16)12-14)13-3-8-22(9-4-13)17(25)21-6-1-2-7-21/h5,10-13H,1-4,6-9H2,(H,20,24). The van der Waals surface area contributed by atoms with Gasteiger partial charge in [-0.25, -0.2) is 14.8 Å². The highest BCUT2D eigenvalue weighted by atomic mass is 16.2. The monoisotopic (exact) mass is 342 g/mol. The molecule has 8 nitrogen and oxygen atoms in total. The molecule has 0 saturated carbocycles. The molecule has 1 N–H and O–H groups in total. The molecule has 0 aromatic carbocycles. The molecule has 2 aromatic rings. The van der Waals surface area contributed by atoms with Crippen molar-refractivity contribution in [2.75, 3.05) is 31.5 Å². The molecule has 0 unspecified atom stereocenters. The van der Waals surface area contributed by atoms with E-state index in [0.29, 0.717) is 37.4 Å². The summed E-state index contributed by atoms with van der Waals surface area (Å²) in [5.74, 6) is 0.530. The van der Waals surface area contributed by atoms with Gasteiger partial charge in [0.05, 0.1) is 11.9 Å². The molecule has 2 saturated heterocycles. The van der Waals surface area contributed by atoms with E-state index >= 15 is 0 Å². The number of carbonyl (C=O) groups excluding carboxylic acids is 2. The molecule has 4 heterocycles. The maximum Gasteiger partial charge on any atom is 0.319 e. The van der Waals surface area contributed by atoms with Gasteiger partial charge in [0.15, 0.2) is 0 Å². The molecular weight excluding hydrogens is 320 g/mol. The Bertz CT molecular complexity index is 774. The van der Waals surface area contributed by atoms with E-state index in [4.69, 9.17) is 0 Å². The fraction of sp³-hybridized carbons (Fsp3) is 0.529. The van der Waals surface area contributed by atoms with Crippen molar-refractivity contribution in [3.8, 4) is 0 Å². The number of fused-ring (bicyclic) bond motifs is 1. The minimum absolute atomic E-state index is 0.00506. The van der Waals surface area contributed by atoms with E-state index in [1.54, 1.807) is 29.2 Å². The van der Waals surface area contributed by atoms with Gasteiger partial charge >= 0.3 is 6.03 Å². The molecule has 2 aromatic heterocycles. The summed E-state index contributed by atoms with van der Waals surface area (Å²) < 4.78 is 1.77. The van der Waals surface area contributed by atoms with Crippen molar-refractivity contribution >= 4 is 23.4 Å². The Morgan fingerprint density at radius 3 is 2.52 bits per heavy atom. The maximum atomic E-state index is 12.5. The molecule has 25 heavy (non-hydrogen) atoms. The van der Waals surface area contributed by atoms with Crippen LogP contribution in [0.4, 0.5) is 10.5 Å². The number of nitrogens with zero attached hydrogens (tertiary/aromatic N) is 5. The normalized spacial score (nSPS) is 18.7. The van der Waals surface area contributed by atoms with Crippen LogP contribution in [-0.4, -0.2) is 62.3 Å². The number of aromatic nitrogens is 3. The SMILES string of the molecule is O=C(Nc1cnc2nccn2c1)C1CCN(C(=O)N2CCCC2)CC1. The summed E-state index contributed by atoms with van der Waals surface area (Å²) in [6.45, 7) is 3.02.